The molecule has 1 aliphatic carbocycles. The maximum atomic E-state index is 5.96. The van der Waals surface area contributed by atoms with E-state index in [9.17, 15) is 0 Å². The third-order valence-corrected chi connectivity index (χ3v) is 2.54. The average Bonchev–Trinajstić information content (AvgIpc) is 2.28. The quantitative estimate of drug-likeness (QED) is 0.600. The van der Waals surface area contributed by atoms with Crippen molar-refractivity contribution in [3.05, 3.63) is 34.9 Å². The van der Waals surface area contributed by atoms with Gasteiger partial charge >= 0.3 is 0 Å². The number of allylic oxidation sites excluding steroid dienone is 1. The SMILES string of the molecule is Cc1cc(N)c2c(c1)CCCC=C2. The summed E-state index contributed by atoms with van der Waals surface area (Å²) in [6, 6.07) is 4.30. The van der Waals surface area contributed by atoms with Crippen molar-refractivity contribution in [2.24, 2.45) is 0 Å². The van der Waals surface area contributed by atoms with Crippen LogP contribution in [0.5, 0.6) is 0 Å². The lowest BCUT2D eigenvalue weighted by molar-refractivity contribution is 0.851. The minimum absolute atomic E-state index is 0.924. The maximum Gasteiger partial charge on any atom is 0.0392 e. The van der Waals surface area contributed by atoms with Crippen LogP contribution in [0.1, 0.15) is 29.5 Å². The number of rotatable bonds is 0. The molecule has 0 spiro atoms. The van der Waals surface area contributed by atoms with Crippen LogP contribution < -0.4 is 5.73 Å². The van der Waals surface area contributed by atoms with Crippen LogP contribution in [0.2, 0.25) is 0 Å². The summed E-state index contributed by atoms with van der Waals surface area (Å²) < 4.78 is 0. The topological polar surface area (TPSA) is 26.0 Å². The number of anilines is 1. The normalized spacial score (nSPS) is 15.2. The maximum absolute atomic E-state index is 5.96. The second-order valence-corrected chi connectivity index (χ2v) is 3.72. The highest BCUT2D eigenvalue weighted by molar-refractivity contribution is 5.69. The average molecular weight is 173 g/mol. The van der Waals surface area contributed by atoms with E-state index in [1.165, 1.54) is 29.5 Å². The Morgan fingerprint density at radius 1 is 1.31 bits per heavy atom. The van der Waals surface area contributed by atoms with E-state index in [0.29, 0.717) is 0 Å². The predicted molar refractivity (Wildman–Crippen MR) is 57.6 cm³/mol. The molecular formula is C12H15N. The third kappa shape index (κ3) is 1.59. The summed E-state index contributed by atoms with van der Waals surface area (Å²) in [7, 11) is 0. The van der Waals surface area contributed by atoms with Crippen LogP contribution in [0.15, 0.2) is 18.2 Å². The van der Waals surface area contributed by atoms with E-state index in [-0.39, 0.29) is 0 Å². The van der Waals surface area contributed by atoms with E-state index in [1.807, 2.05) is 0 Å². The van der Waals surface area contributed by atoms with Gasteiger partial charge in [-0.15, -0.1) is 0 Å². The van der Waals surface area contributed by atoms with E-state index in [1.54, 1.807) is 0 Å². The lowest BCUT2D eigenvalue weighted by Crippen LogP contribution is -1.96. The molecule has 2 rings (SSSR count). The first-order chi connectivity index (χ1) is 6.27. The summed E-state index contributed by atoms with van der Waals surface area (Å²) in [5.41, 5.74) is 10.8. The van der Waals surface area contributed by atoms with Crippen molar-refractivity contribution < 1.29 is 0 Å². The zero-order valence-electron chi connectivity index (χ0n) is 8.01. The summed E-state index contributed by atoms with van der Waals surface area (Å²) in [6.07, 6.45) is 7.96. The molecule has 0 heterocycles. The molecule has 0 saturated heterocycles. The van der Waals surface area contributed by atoms with Crippen LogP contribution in [-0.4, -0.2) is 0 Å². The van der Waals surface area contributed by atoms with Gasteiger partial charge in [0.25, 0.3) is 0 Å². The Morgan fingerprint density at radius 3 is 3.00 bits per heavy atom. The monoisotopic (exact) mass is 173 g/mol. The number of fused-ring (bicyclic) bond motifs is 1. The summed E-state index contributed by atoms with van der Waals surface area (Å²) in [4.78, 5) is 0. The lowest BCUT2D eigenvalue weighted by Gasteiger charge is -2.08. The van der Waals surface area contributed by atoms with Crippen molar-refractivity contribution in [1.29, 1.82) is 0 Å². The fourth-order valence-corrected chi connectivity index (χ4v) is 1.92. The van der Waals surface area contributed by atoms with Crippen molar-refractivity contribution in [1.82, 2.24) is 0 Å². The van der Waals surface area contributed by atoms with E-state index >= 15 is 0 Å². The molecular weight excluding hydrogens is 158 g/mol. The fraction of sp³-hybridized carbons (Fsp3) is 0.333. The van der Waals surface area contributed by atoms with E-state index < -0.39 is 0 Å². The number of nitrogen functional groups attached to an aromatic ring is 1. The fourth-order valence-electron chi connectivity index (χ4n) is 1.92. The number of benzene rings is 1. The van der Waals surface area contributed by atoms with E-state index in [4.69, 9.17) is 5.73 Å². The third-order valence-electron chi connectivity index (χ3n) is 2.54. The highest BCUT2D eigenvalue weighted by atomic mass is 14.6. The zero-order valence-corrected chi connectivity index (χ0v) is 8.01. The Hall–Kier alpha value is -1.24. The van der Waals surface area contributed by atoms with Crippen molar-refractivity contribution in [2.75, 3.05) is 5.73 Å². The van der Waals surface area contributed by atoms with Crippen molar-refractivity contribution in [3.63, 3.8) is 0 Å². The van der Waals surface area contributed by atoms with Crippen LogP contribution >= 0.6 is 0 Å². The van der Waals surface area contributed by atoms with Gasteiger partial charge in [-0.3, -0.25) is 0 Å². The molecule has 0 bridgehead atoms. The molecule has 1 aliphatic rings. The Kier molecular flexibility index (Phi) is 2.09. The highest BCUT2D eigenvalue weighted by Crippen LogP contribution is 2.25. The molecule has 0 unspecified atom stereocenters. The highest BCUT2D eigenvalue weighted by Gasteiger charge is 2.06. The van der Waals surface area contributed by atoms with E-state index in [2.05, 4.69) is 31.2 Å². The van der Waals surface area contributed by atoms with Gasteiger partial charge in [-0.05, 0) is 43.4 Å². The van der Waals surface area contributed by atoms with Gasteiger partial charge in [0.1, 0.15) is 0 Å². The molecule has 1 heteroatoms. The molecule has 1 aromatic rings. The van der Waals surface area contributed by atoms with Gasteiger partial charge in [-0.1, -0.05) is 18.2 Å². The Bertz CT molecular complexity index is 350. The van der Waals surface area contributed by atoms with Crippen molar-refractivity contribution in [3.8, 4) is 0 Å². The zero-order chi connectivity index (χ0) is 9.26. The minimum atomic E-state index is 0.924. The summed E-state index contributed by atoms with van der Waals surface area (Å²) in [6.45, 7) is 2.10. The Labute approximate surface area is 79.3 Å². The number of hydrogen-bond acceptors (Lipinski definition) is 1. The van der Waals surface area contributed by atoms with Crippen LogP contribution in [-0.2, 0) is 6.42 Å². The van der Waals surface area contributed by atoms with Gasteiger partial charge in [0.15, 0.2) is 0 Å². The molecule has 0 aromatic heterocycles. The standard InChI is InChI=1S/C12H15N/c1-9-7-10-5-3-2-4-6-11(10)12(13)8-9/h4,6-8H,2-3,5,13H2,1H3. The first-order valence-electron chi connectivity index (χ1n) is 4.83. The second kappa shape index (κ2) is 3.25. The van der Waals surface area contributed by atoms with Gasteiger partial charge in [-0.25, -0.2) is 0 Å². The molecule has 2 N–H and O–H groups in total. The molecule has 68 valence electrons. The van der Waals surface area contributed by atoms with Gasteiger partial charge in [0, 0.05) is 11.3 Å². The minimum Gasteiger partial charge on any atom is -0.398 e. The largest absolute Gasteiger partial charge is 0.398 e. The molecule has 0 radical (unpaired) electrons. The predicted octanol–water partition coefficient (Wildman–Crippen LogP) is 2.93. The van der Waals surface area contributed by atoms with Gasteiger partial charge in [0.05, 0.1) is 0 Å². The van der Waals surface area contributed by atoms with Crippen LogP contribution in [0, 0.1) is 6.92 Å². The van der Waals surface area contributed by atoms with E-state index in [0.717, 1.165) is 12.1 Å². The summed E-state index contributed by atoms with van der Waals surface area (Å²) in [5, 5.41) is 0. The van der Waals surface area contributed by atoms with Gasteiger partial charge < -0.3 is 5.73 Å². The van der Waals surface area contributed by atoms with Crippen molar-refractivity contribution >= 4 is 11.8 Å². The molecule has 1 aromatic carbocycles. The Balaban J connectivity index is 2.57. The number of nitrogens with two attached hydrogens (primary N) is 1. The molecule has 0 aliphatic heterocycles. The van der Waals surface area contributed by atoms with Gasteiger partial charge in [-0.2, -0.15) is 0 Å². The number of hydrogen-bond donors (Lipinski definition) is 1. The summed E-state index contributed by atoms with van der Waals surface area (Å²) in [5.74, 6) is 0. The first-order valence-corrected chi connectivity index (χ1v) is 4.83. The second-order valence-electron chi connectivity index (χ2n) is 3.72. The van der Waals surface area contributed by atoms with Crippen molar-refractivity contribution in [2.45, 2.75) is 26.2 Å². The smallest absolute Gasteiger partial charge is 0.0392 e. The van der Waals surface area contributed by atoms with Gasteiger partial charge in [0.2, 0.25) is 0 Å². The lowest BCUT2D eigenvalue weighted by atomic mass is 10.00. The first kappa shape index (κ1) is 8.36. The van der Waals surface area contributed by atoms with Crippen LogP contribution in [0.3, 0.4) is 0 Å². The Morgan fingerprint density at radius 2 is 2.15 bits per heavy atom. The molecule has 0 atom stereocenters. The van der Waals surface area contributed by atoms with Crippen LogP contribution in [0.4, 0.5) is 5.69 Å². The molecule has 0 fully saturated rings. The molecule has 0 amide bonds. The molecule has 1 nitrogen and oxygen atoms in total. The molecule has 13 heavy (non-hydrogen) atoms. The molecule has 0 saturated carbocycles. The summed E-state index contributed by atoms with van der Waals surface area (Å²) >= 11 is 0. The number of aryl methyl sites for hydroxylation is 2. The van der Waals surface area contributed by atoms with Crippen LogP contribution in [0.25, 0.3) is 6.08 Å².